The second-order valence-electron chi connectivity index (χ2n) is 6.19. The first-order chi connectivity index (χ1) is 10.2. The Bertz CT molecular complexity index is 561. The van der Waals surface area contributed by atoms with Crippen LogP contribution in [0.1, 0.15) is 41.6 Å². The molecule has 1 amide bonds. The fourth-order valence-electron chi connectivity index (χ4n) is 3.02. The number of nitrogens with zero attached hydrogens (tertiary/aromatic N) is 2. The van der Waals surface area contributed by atoms with Crippen LogP contribution in [0.4, 0.5) is 0 Å². The van der Waals surface area contributed by atoms with Gasteiger partial charge in [-0.15, -0.1) is 0 Å². The Morgan fingerprint density at radius 1 is 1.29 bits per heavy atom. The maximum atomic E-state index is 12.4. The highest BCUT2D eigenvalue weighted by Crippen LogP contribution is 2.47. The summed E-state index contributed by atoms with van der Waals surface area (Å²) in [4.78, 5) is 14.3. The van der Waals surface area contributed by atoms with E-state index in [4.69, 9.17) is 5.11 Å². The number of carbonyl (C=O) groups excluding carboxylic acids is 1. The van der Waals surface area contributed by atoms with E-state index in [1.165, 1.54) is 0 Å². The van der Waals surface area contributed by atoms with Crippen LogP contribution >= 0.6 is 0 Å². The van der Waals surface area contributed by atoms with Crippen LogP contribution in [0, 0.1) is 17.2 Å². The third-order valence-corrected chi connectivity index (χ3v) is 4.81. The molecule has 2 aliphatic rings. The Morgan fingerprint density at radius 2 is 1.90 bits per heavy atom. The van der Waals surface area contributed by atoms with Gasteiger partial charge < -0.3 is 10.0 Å². The number of carbonyl (C=O) groups is 1. The van der Waals surface area contributed by atoms with Gasteiger partial charge in [0.1, 0.15) is 0 Å². The van der Waals surface area contributed by atoms with Gasteiger partial charge in [0, 0.05) is 25.3 Å². The number of hydrogen-bond donors (Lipinski definition) is 1. The molecule has 0 aromatic heterocycles. The van der Waals surface area contributed by atoms with Crippen LogP contribution in [0.2, 0.25) is 0 Å². The molecule has 1 saturated heterocycles. The summed E-state index contributed by atoms with van der Waals surface area (Å²) in [6.45, 7) is 1.65. The molecule has 0 bridgehead atoms. The van der Waals surface area contributed by atoms with Crippen molar-refractivity contribution in [1.82, 2.24) is 4.90 Å². The van der Waals surface area contributed by atoms with Gasteiger partial charge in [0.15, 0.2) is 0 Å². The fraction of sp³-hybridized carbons (Fsp3) is 0.529. The predicted octanol–water partition coefficient (Wildman–Crippen LogP) is 2.09. The molecular weight excluding hydrogens is 264 g/mol. The van der Waals surface area contributed by atoms with Crippen molar-refractivity contribution in [3.05, 3.63) is 35.4 Å². The molecule has 0 unspecified atom stereocenters. The van der Waals surface area contributed by atoms with E-state index in [-0.39, 0.29) is 17.9 Å². The summed E-state index contributed by atoms with van der Waals surface area (Å²) < 4.78 is 0. The zero-order valence-corrected chi connectivity index (χ0v) is 12.1. The van der Waals surface area contributed by atoms with Crippen LogP contribution in [0.3, 0.4) is 0 Å². The van der Waals surface area contributed by atoms with Gasteiger partial charge in [-0.3, -0.25) is 4.79 Å². The molecule has 4 heteroatoms. The minimum atomic E-state index is -0.291. The summed E-state index contributed by atoms with van der Waals surface area (Å²) in [5.74, 6) is 0.390. The molecule has 1 aromatic carbocycles. The number of rotatable bonds is 3. The van der Waals surface area contributed by atoms with Gasteiger partial charge in [-0.2, -0.15) is 5.26 Å². The number of nitriles is 1. The molecule has 110 valence electrons. The Kier molecular flexibility index (Phi) is 3.69. The normalized spacial score (nSPS) is 20.9. The van der Waals surface area contributed by atoms with Crippen molar-refractivity contribution in [3.8, 4) is 6.07 Å². The minimum absolute atomic E-state index is 0.0553. The van der Waals surface area contributed by atoms with Gasteiger partial charge in [-0.1, -0.05) is 12.1 Å². The number of amides is 1. The first-order valence-corrected chi connectivity index (χ1v) is 7.60. The highest BCUT2D eigenvalue weighted by atomic mass is 16.3. The van der Waals surface area contributed by atoms with Gasteiger partial charge in [-0.05, 0) is 49.3 Å². The van der Waals surface area contributed by atoms with E-state index in [1.54, 1.807) is 0 Å². The van der Waals surface area contributed by atoms with E-state index >= 15 is 0 Å². The van der Waals surface area contributed by atoms with Crippen molar-refractivity contribution in [1.29, 1.82) is 5.26 Å². The number of benzene rings is 1. The average molecular weight is 284 g/mol. The van der Waals surface area contributed by atoms with Crippen LogP contribution in [0.15, 0.2) is 24.3 Å². The second kappa shape index (κ2) is 5.50. The molecule has 2 fully saturated rings. The lowest BCUT2D eigenvalue weighted by Gasteiger charge is -2.31. The number of aliphatic hydroxyl groups is 1. The van der Waals surface area contributed by atoms with Crippen LogP contribution in [-0.2, 0) is 5.41 Å². The molecule has 0 radical (unpaired) electrons. The average Bonchev–Trinajstić information content (AvgIpc) is 3.36. The molecule has 0 spiro atoms. The number of aliphatic hydroxyl groups excluding tert-OH is 1. The maximum Gasteiger partial charge on any atom is 0.253 e. The molecule has 1 saturated carbocycles. The molecule has 1 aromatic rings. The zero-order chi connectivity index (χ0) is 14.9. The van der Waals surface area contributed by atoms with Gasteiger partial charge >= 0.3 is 0 Å². The number of piperidine rings is 1. The summed E-state index contributed by atoms with van der Waals surface area (Å²) in [5, 5.41) is 18.3. The third-order valence-electron chi connectivity index (χ3n) is 4.81. The lowest BCUT2D eigenvalue weighted by atomic mass is 9.95. The minimum Gasteiger partial charge on any atom is -0.396 e. The molecule has 3 rings (SSSR count). The molecule has 21 heavy (non-hydrogen) atoms. The first kappa shape index (κ1) is 14.1. The largest absolute Gasteiger partial charge is 0.396 e. The topological polar surface area (TPSA) is 64.3 Å². The van der Waals surface area contributed by atoms with E-state index in [9.17, 15) is 10.1 Å². The molecule has 4 nitrogen and oxygen atoms in total. The molecule has 0 atom stereocenters. The van der Waals surface area contributed by atoms with Crippen molar-refractivity contribution in [2.24, 2.45) is 5.92 Å². The van der Waals surface area contributed by atoms with Crippen molar-refractivity contribution in [2.45, 2.75) is 31.1 Å². The Hall–Kier alpha value is -1.86. The van der Waals surface area contributed by atoms with Gasteiger partial charge in [0.2, 0.25) is 0 Å². The van der Waals surface area contributed by atoms with E-state index < -0.39 is 0 Å². The van der Waals surface area contributed by atoms with E-state index in [0.29, 0.717) is 24.6 Å². The SMILES string of the molecule is N#CC1(c2ccc(C(=O)N3CCC(CO)CC3)cc2)CC1. The van der Waals surface area contributed by atoms with Crippen molar-refractivity contribution < 1.29 is 9.90 Å². The quantitative estimate of drug-likeness (QED) is 0.924. The van der Waals surface area contributed by atoms with Crippen molar-refractivity contribution >= 4 is 5.91 Å². The maximum absolute atomic E-state index is 12.4. The summed E-state index contributed by atoms with van der Waals surface area (Å²) >= 11 is 0. The second-order valence-corrected chi connectivity index (χ2v) is 6.19. The van der Waals surface area contributed by atoms with Gasteiger partial charge in [0.25, 0.3) is 5.91 Å². The summed E-state index contributed by atoms with van der Waals surface area (Å²) in [7, 11) is 0. The van der Waals surface area contributed by atoms with Crippen LogP contribution < -0.4 is 0 Å². The highest BCUT2D eigenvalue weighted by Gasteiger charge is 2.44. The van der Waals surface area contributed by atoms with Crippen molar-refractivity contribution in [2.75, 3.05) is 19.7 Å². The van der Waals surface area contributed by atoms with Crippen LogP contribution in [0.5, 0.6) is 0 Å². The van der Waals surface area contributed by atoms with Crippen LogP contribution in [0.25, 0.3) is 0 Å². The van der Waals surface area contributed by atoms with Crippen LogP contribution in [-0.4, -0.2) is 35.6 Å². The molecular formula is C17H20N2O2. The summed E-state index contributed by atoms with van der Waals surface area (Å²) in [5.41, 5.74) is 1.43. The number of hydrogen-bond acceptors (Lipinski definition) is 3. The van der Waals surface area contributed by atoms with Gasteiger partial charge in [0.05, 0.1) is 11.5 Å². The highest BCUT2D eigenvalue weighted by molar-refractivity contribution is 5.94. The van der Waals surface area contributed by atoms with E-state index in [1.807, 2.05) is 29.2 Å². The lowest BCUT2D eigenvalue weighted by Crippen LogP contribution is -2.39. The zero-order valence-electron chi connectivity index (χ0n) is 12.1. The Labute approximate surface area is 125 Å². The summed E-state index contributed by atoms with van der Waals surface area (Å²) in [6, 6.07) is 9.90. The molecule has 1 aliphatic carbocycles. The van der Waals surface area contributed by atoms with Gasteiger partial charge in [-0.25, -0.2) is 0 Å². The Balaban J connectivity index is 1.67. The standard InChI is InChI=1S/C17H20N2O2/c18-12-17(7-8-17)15-3-1-14(2-4-15)16(21)19-9-5-13(11-20)6-10-19/h1-4,13,20H,5-11H2. The molecule has 1 N–H and O–H groups in total. The molecule has 1 heterocycles. The smallest absolute Gasteiger partial charge is 0.253 e. The van der Waals surface area contributed by atoms with E-state index in [0.717, 1.165) is 31.2 Å². The predicted molar refractivity (Wildman–Crippen MR) is 78.7 cm³/mol. The van der Waals surface area contributed by atoms with E-state index in [2.05, 4.69) is 6.07 Å². The molecule has 1 aliphatic heterocycles. The Morgan fingerprint density at radius 3 is 2.38 bits per heavy atom. The third kappa shape index (κ3) is 2.66. The lowest BCUT2D eigenvalue weighted by molar-refractivity contribution is 0.0651. The summed E-state index contributed by atoms with van der Waals surface area (Å²) in [6.07, 6.45) is 3.59. The fourth-order valence-corrected chi connectivity index (χ4v) is 3.02. The monoisotopic (exact) mass is 284 g/mol. The number of likely N-dealkylation sites (tertiary alicyclic amines) is 1. The first-order valence-electron chi connectivity index (χ1n) is 7.60. The van der Waals surface area contributed by atoms with Crippen molar-refractivity contribution in [3.63, 3.8) is 0 Å².